The van der Waals surface area contributed by atoms with Gasteiger partial charge in [0.25, 0.3) is 5.91 Å². The number of hydrogen-bond acceptors (Lipinski definition) is 3. The summed E-state index contributed by atoms with van der Waals surface area (Å²) in [6.45, 7) is 1.93. The van der Waals surface area contributed by atoms with Crippen LogP contribution in [-0.4, -0.2) is 40.3 Å². The zero-order valence-electron chi connectivity index (χ0n) is 14.0. The van der Waals surface area contributed by atoms with E-state index in [4.69, 9.17) is 4.74 Å². The fourth-order valence-corrected chi connectivity index (χ4v) is 3.33. The van der Waals surface area contributed by atoms with Crippen molar-refractivity contribution in [2.24, 2.45) is 0 Å². The SMILES string of the molecule is O=C(c1n[nH]c2ccccc12)N(Cc1ccccc1)CC1CCCO1. The number of ether oxygens (including phenoxy) is 1. The molecule has 5 heteroatoms. The maximum Gasteiger partial charge on any atom is 0.275 e. The van der Waals surface area contributed by atoms with E-state index in [9.17, 15) is 4.79 Å². The predicted molar refractivity (Wildman–Crippen MR) is 96.3 cm³/mol. The van der Waals surface area contributed by atoms with E-state index in [1.54, 1.807) is 0 Å². The third-order valence-electron chi connectivity index (χ3n) is 4.62. The first-order valence-corrected chi connectivity index (χ1v) is 8.69. The van der Waals surface area contributed by atoms with E-state index < -0.39 is 0 Å². The highest BCUT2D eigenvalue weighted by Crippen LogP contribution is 2.20. The molecular formula is C20H21N3O2. The first kappa shape index (κ1) is 15.8. The minimum Gasteiger partial charge on any atom is -0.376 e. The van der Waals surface area contributed by atoms with Crippen LogP contribution in [0, 0.1) is 0 Å². The maximum atomic E-state index is 13.2. The molecule has 1 aliphatic rings. The van der Waals surface area contributed by atoms with Gasteiger partial charge >= 0.3 is 0 Å². The smallest absolute Gasteiger partial charge is 0.275 e. The molecule has 1 atom stereocenters. The van der Waals surface area contributed by atoms with Gasteiger partial charge in [-0.2, -0.15) is 5.10 Å². The number of aromatic nitrogens is 2. The van der Waals surface area contributed by atoms with Crippen molar-refractivity contribution in [2.45, 2.75) is 25.5 Å². The highest BCUT2D eigenvalue weighted by molar-refractivity contribution is 6.04. The van der Waals surface area contributed by atoms with Crippen LogP contribution in [0.25, 0.3) is 10.9 Å². The molecule has 4 rings (SSSR count). The summed E-state index contributed by atoms with van der Waals surface area (Å²) in [6.07, 6.45) is 2.17. The van der Waals surface area contributed by atoms with Gasteiger partial charge in [0.2, 0.25) is 0 Å². The van der Waals surface area contributed by atoms with E-state index in [2.05, 4.69) is 10.2 Å². The molecule has 1 fully saturated rings. The van der Waals surface area contributed by atoms with E-state index >= 15 is 0 Å². The van der Waals surface area contributed by atoms with E-state index in [-0.39, 0.29) is 12.0 Å². The minimum atomic E-state index is -0.0585. The Morgan fingerprint density at radius 1 is 1.16 bits per heavy atom. The molecule has 5 nitrogen and oxygen atoms in total. The molecule has 3 aromatic rings. The molecule has 1 amide bonds. The zero-order chi connectivity index (χ0) is 17.1. The van der Waals surface area contributed by atoms with Crippen molar-refractivity contribution in [2.75, 3.05) is 13.2 Å². The Morgan fingerprint density at radius 3 is 2.76 bits per heavy atom. The molecular weight excluding hydrogens is 314 g/mol. The summed E-state index contributed by atoms with van der Waals surface area (Å²) in [5.74, 6) is -0.0585. The van der Waals surface area contributed by atoms with Gasteiger partial charge in [-0.25, -0.2) is 0 Å². The largest absolute Gasteiger partial charge is 0.376 e. The molecule has 1 unspecified atom stereocenters. The number of carbonyl (C=O) groups excluding carboxylic acids is 1. The number of nitrogens with one attached hydrogen (secondary N) is 1. The Hall–Kier alpha value is -2.66. The number of para-hydroxylation sites is 1. The van der Waals surface area contributed by atoms with Crippen molar-refractivity contribution < 1.29 is 9.53 Å². The van der Waals surface area contributed by atoms with Gasteiger partial charge in [-0.15, -0.1) is 0 Å². The van der Waals surface area contributed by atoms with Gasteiger partial charge in [-0.3, -0.25) is 9.89 Å². The van der Waals surface area contributed by atoms with Gasteiger partial charge in [-0.1, -0.05) is 48.5 Å². The summed E-state index contributed by atoms with van der Waals surface area (Å²) in [5.41, 5.74) is 2.46. The normalized spacial score (nSPS) is 17.0. The van der Waals surface area contributed by atoms with Crippen LogP contribution in [0.2, 0.25) is 0 Å². The highest BCUT2D eigenvalue weighted by atomic mass is 16.5. The van der Waals surface area contributed by atoms with Crippen LogP contribution < -0.4 is 0 Å². The zero-order valence-corrected chi connectivity index (χ0v) is 14.0. The third kappa shape index (κ3) is 3.42. The molecule has 2 aromatic carbocycles. The third-order valence-corrected chi connectivity index (χ3v) is 4.62. The summed E-state index contributed by atoms with van der Waals surface area (Å²) < 4.78 is 5.75. The first-order valence-electron chi connectivity index (χ1n) is 8.69. The van der Waals surface area contributed by atoms with Gasteiger partial charge in [0.05, 0.1) is 11.6 Å². The van der Waals surface area contributed by atoms with E-state index in [1.807, 2.05) is 59.5 Å². The number of H-pyrrole nitrogens is 1. The molecule has 1 N–H and O–H groups in total. The molecule has 1 aliphatic heterocycles. The van der Waals surface area contributed by atoms with Crippen LogP contribution in [0.3, 0.4) is 0 Å². The summed E-state index contributed by atoms with van der Waals surface area (Å²) >= 11 is 0. The lowest BCUT2D eigenvalue weighted by atomic mass is 10.1. The van der Waals surface area contributed by atoms with E-state index in [0.717, 1.165) is 35.9 Å². The maximum absolute atomic E-state index is 13.2. The van der Waals surface area contributed by atoms with E-state index in [1.165, 1.54) is 0 Å². The van der Waals surface area contributed by atoms with Crippen molar-refractivity contribution in [3.05, 3.63) is 65.9 Å². The average Bonchev–Trinajstić information content (AvgIpc) is 3.31. The van der Waals surface area contributed by atoms with Crippen LogP contribution in [0.1, 0.15) is 28.9 Å². The second-order valence-electron chi connectivity index (χ2n) is 6.42. The lowest BCUT2D eigenvalue weighted by Gasteiger charge is -2.25. The second kappa shape index (κ2) is 7.07. The Balaban J connectivity index is 1.62. The summed E-state index contributed by atoms with van der Waals surface area (Å²) in [6, 6.07) is 17.8. The van der Waals surface area contributed by atoms with Gasteiger partial charge in [0.1, 0.15) is 0 Å². The predicted octanol–water partition coefficient (Wildman–Crippen LogP) is 3.38. The van der Waals surface area contributed by atoms with Crippen molar-refractivity contribution in [1.82, 2.24) is 15.1 Å². The number of fused-ring (bicyclic) bond motifs is 1. The van der Waals surface area contributed by atoms with Crippen LogP contribution in [0.15, 0.2) is 54.6 Å². The molecule has 0 aliphatic carbocycles. The number of amides is 1. The van der Waals surface area contributed by atoms with Gasteiger partial charge in [0.15, 0.2) is 5.69 Å². The number of hydrogen-bond donors (Lipinski definition) is 1. The highest BCUT2D eigenvalue weighted by Gasteiger charge is 2.26. The lowest BCUT2D eigenvalue weighted by molar-refractivity contribution is 0.0504. The number of benzene rings is 2. The Labute approximate surface area is 146 Å². The molecule has 1 saturated heterocycles. The minimum absolute atomic E-state index is 0.0585. The molecule has 0 spiro atoms. The van der Waals surface area contributed by atoms with Crippen molar-refractivity contribution in [3.8, 4) is 0 Å². The molecule has 0 radical (unpaired) electrons. The van der Waals surface area contributed by atoms with Gasteiger partial charge in [-0.05, 0) is 24.5 Å². The van der Waals surface area contributed by atoms with Crippen molar-refractivity contribution >= 4 is 16.8 Å². The molecule has 128 valence electrons. The molecule has 0 saturated carbocycles. The first-order chi connectivity index (χ1) is 12.3. The van der Waals surface area contributed by atoms with Gasteiger partial charge in [0, 0.05) is 25.1 Å². The number of aromatic amines is 1. The molecule has 2 heterocycles. The lowest BCUT2D eigenvalue weighted by Crippen LogP contribution is -2.37. The molecule has 1 aromatic heterocycles. The Bertz CT molecular complexity index is 854. The molecule has 0 bridgehead atoms. The standard InChI is InChI=1S/C20H21N3O2/c24-20(19-17-10-4-5-11-18(17)21-22-19)23(14-16-9-6-12-25-16)13-15-7-2-1-3-8-15/h1-5,7-8,10-11,16H,6,9,12-14H2,(H,21,22). The quantitative estimate of drug-likeness (QED) is 0.777. The fraction of sp³-hybridized carbons (Fsp3) is 0.300. The summed E-state index contributed by atoms with van der Waals surface area (Å²) in [5, 5.41) is 8.09. The number of carbonyl (C=O) groups is 1. The summed E-state index contributed by atoms with van der Waals surface area (Å²) in [4.78, 5) is 15.1. The van der Waals surface area contributed by atoms with Crippen LogP contribution in [0.5, 0.6) is 0 Å². The van der Waals surface area contributed by atoms with Crippen molar-refractivity contribution in [3.63, 3.8) is 0 Å². The Kier molecular flexibility index (Phi) is 4.48. The Morgan fingerprint density at radius 2 is 1.96 bits per heavy atom. The van der Waals surface area contributed by atoms with Crippen LogP contribution >= 0.6 is 0 Å². The number of rotatable bonds is 5. The average molecular weight is 335 g/mol. The monoisotopic (exact) mass is 335 g/mol. The second-order valence-corrected chi connectivity index (χ2v) is 6.42. The topological polar surface area (TPSA) is 58.2 Å². The summed E-state index contributed by atoms with van der Waals surface area (Å²) in [7, 11) is 0. The fourth-order valence-electron chi connectivity index (χ4n) is 3.33. The number of nitrogens with zero attached hydrogens (tertiary/aromatic N) is 2. The van der Waals surface area contributed by atoms with Gasteiger partial charge < -0.3 is 9.64 Å². The van der Waals surface area contributed by atoms with Crippen molar-refractivity contribution in [1.29, 1.82) is 0 Å². The van der Waals surface area contributed by atoms with Crippen LogP contribution in [-0.2, 0) is 11.3 Å². The van der Waals surface area contributed by atoms with E-state index in [0.29, 0.717) is 18.8 Å². The molecule has 25 heavy (non-hydrogen) atoms. The van der Waals surface area contributed by atoms with Crippen LogP contribution in [0.4, 0.5) is 0 Å².